The van der Waals surface area contributed by atoms with E-state index in [9.17, 15) is 4.79 Å². The number of Topliss-reactive ketones (excluding diaryl/α,β-unsaturated/α-hetero) is 1. The van der Waals surface area contributed by atoms with Crippen LogP contribution in [-0.2, 0) is 6.42 Å². The molecule has 1 aliphatic carbocycles. The molecule has 98 valence electrons. The molecule has 0 heterocycles. The maximum Gasteiger partial charge on any atom is 0.169 e. The molecular formula is C16H22O2. The third-order valence-corrected chi connectivity index (χ3v) is 3.98. The molecule has 1 aliphatic rings. The summed E-state index contributed by atoms with van der Waals surface area (Å²) in [5.74, 6) is 1.51. The smallest absolute Gasteiger partial charge is 0.169 e. The predicted octanol–water partition coefficient (Wildman–Crippen LogP) is 3.89. The first-order chi connectivity index (χ1) is 8.29. The minimum absolute atomic E-state index is 0.260. The van der Waals surface area contributed by atoms with Crippen LogP contribution in [0.1, 0.15) is 60.7 Å². The van der Waals surface area contributed by atoms with Crippen LogP contribution in [0.15, 0.2) is 6.07 Å². The first-order valence-electron chi connectivity index (χ1n) is 6.54. The first-order valence-corrected chi connectivity index (χ1v) is 6.54. The normalized spacial score (nSPS) is 17.2. The van der Waals surface area contributed by atoms with Crippen LogP contribution in [0.5, 0.6) is 5.75 Å². The lowest BCUT2D eigenvalue weighted by Crippen LogP contribution is -2.19. The number of benzene rings is 1. The number of rotatable bonds is 2. The van der Waals surface area contributed by atoms with Crippen molar-refractivity contribution < 1.29 is 9.53 Å². The second-order valence-electron chi connectivity index (χ2n) is 6.19. The molecule has 1 aromatic carbocycles. The Kier molecular flexibility index (Phi) is 3.00. The van der Waals surface area contributed by atoms with E-state index in [0.717, 1.165) is 23.3 Å². The van der Waals surface area contributed by atoms with Gasteiger partial charge in [-0.2, -0.15) is 0 Å². The monoisotopic (exact) mass is 246 g/mol. The molecule has 0 unspecified atom stereocenters. The van der Waals surface area contributed by atoms with Gasteiger partial charge in [0.05, 0.1) is 7.11 Å². The Bertz CT molecular complexity index is 510. The fourth-order valence-corrected chi connectivity index (χ4v) is 2.92. The highest BCUT2D eigenvalue weighted by molar-refractivity contribution is 6.06. The fraction of sp³-hybridized carbons (Fsp3) is 0.562. The Morgan fingerprint density at radius 1 is 1.33 bits per heavy atom. The van der Waals surface area contributed by atoms with Gasteiger partial charge in [-0.1, -0.05) is 27.7 Å². The maximum absolute atomic E-state index is 12.5. The van der Waals surface area contributed by atoms with Crippen LogP contribution in [0.25, 0.3) is 0 Å². The Labute approximate surface area is 109 Å². The molecular weight excluding hydrogens is 224 g/mol. The highest BCUT2D eigenvalue weighted by Gasteiger charge is 2.40. The zero-order valence-electron chi connectivity index (χ0n) is 12.2. The van der Waals surface area contributed by atoms with Crippen molar-refractivity contribution in [3.05, 3.63) is 28.3 Å². The zero-order valence-corrected chi connectivity index (χ0v) is 12.2. The molecule has 2 nitrogen and oxygen atoms in total. The molecule has 0 amide bonds. The van der Waals surface area contributed by atoms with E-state index >= 15 is 0 Å². The van der Waals surface area contributed by atoms with Crippen LogP contribution in [0.3, 0.4) is 0 Å². The molecule has 0 saturated carbocycles. The van der Waals surface area contributed by atoms with Crippen LogP contribution in [0.2, 0.25) is 0 Å². The number of ether oxygens (including phenoxy) is 1. The molecule has 2 heteroatoms. The molecule has 0 bridgehead atoms. The summed E-state index contributed by atoms with van der Waals surface area (Å²) in [5, 5.41) is 0. The lowest BCUT2D eigenvalue weighted by atomic mass is 9.88. The molecule has 18 heavy (non-hydrogen) atoms. The van der Waals surface area contributed by atoms with Crippen LogP contribution in [0.4, 0.5) is 0 Å². The summed E-state index contributed by atoms with van der Waals surface area (Å²) >= 11 is 0. The molecule has 0 aromatic heterocycles. The molecule has 0 atom stereocenters. The predicted molar refractivity (Wildman–Crippen MR) is 73.6 cm³/mol. The van der Waals surface area contributed by atoms with Gasteiger partial charge in [0.1, 0.15) is 5.75 Å². The van der Waals surface area contributed by atoms with E-state index in [2.05, 4.69) is 19.9 Å². The van der Waals surface area contributed by atoms with Crippen molar-refractivity contribution in [2.24, 2.45) is 5.41 Å². The number of hydrogen-bond donors (Lipinski definition) is 0. The standard InChI is InChI=1S/C16H22O2/c1-9(2)11-7-13(18-6)10(3)14-12(11)8-16(4,5)15(14)17/h7,9H,8H2,1-6H3. The van der Waals surface area contributed by atoms with E-state index in [1.807, 2.05) is 20.8 Å². The van der Waals surface area contributed by atoms with Gasteiger partial charge in [-0.3, -0.25) is 4.79 Å². The topological polar surface area (TPSA) is 26.3 Å². The van der Waals surface area contributed by atoms with Crippen molar-refractivity contribution >= 4 is 5.78 Å². The van der Waals surface area contributed by atoms with Gasteiger partial charge >= 0.3 is 0 Å². The van der Waals surface area contributed by atoms with Gasteiger partial charge in [0.15, 0.2) is 5.78 Å². The van der Waals surface area contributed by atoms with Crippen molar-refractivity contribution in [2.75, 3.05) is 7.11 Å². The summed E-state index contributed by atoms with van der Waals surface area (Å²) in [4.78, 5) is 12.5. The Hall–Kier alpha value is -1.31. The summed E-state index contributed by atoms with van der Waals surface area (Å²) in [6, 6.07) is 2.10. The van der Waals surface area contributed by atoms with Crippen LogP contribution >= 0.6 is 0 Å². The van der Waals surface area contributed by atoms with E-state index in [1.165, 1.54) is 11.1 Å². The zero-order chi connectivity index (χ0) is 13.7. The minimum Gasteiger partial charge on any atom is -0.496 e. The van der Waals surface area contributed by atoms with Crippen molar-refractivity contribution in [1.29, 1.82) is 0 Å². The van der Waals surface area contributed by atoms with Crippen molar-refractivity contribution in [3.8, 4) is 5.75 Å². The molecule has 0 radical (unpaired) electrons. The van der Waals surface area contributed by atoms with Crippen LogP contribution < -0.4 is 4.74 Å². The minimum atomic E-state index is -0.275. The Morgan fingerprint density at radius 3 is 2.44 bits per heavy atom. The van der Waals surface area contributed by atoms with E-state index in [1.54, 1.807) is 7.11 Å². The highest BCUT2D eigenvalue weighted by Crippen LogP contribution is 2.44. The van der Waals surface area contributed by atoms with Gasteiger partial charge in [-0.15, -0.1) is 0 Å². The molecule has 0 aliphatic heterocycles. The van der Waals surface area contributed by atoms with Gasteiger partial charge in [0.2, 0.25) is 0 Å². The molecule has 0 N–H and O–H groups in total. The van der Waals surface area contributed by atoms with Gasteiger partial charge in [0, 0.05) is 16.5 Å². The van der Waals surface area contributed by atoms with Gasteiger partial charge in [-0.25, -0.2) is 0 Å². The molecule has 0 fully saturated rings. The summed E-state index contributed by atoms with van der Waals surface area (Å²) in [6.07, 6.45) is 0.847. The molecule has 0 spiro atoms. The summed E-state index contributed by atoms with van der Waals surface area (Å²) in [7, 11) is 1.67. The SMILES string of the molecule is COc1cc(C(C)C)c2c(c1C)C(=O)C(C)(C)C2. The van der Waals surface area contributed by atoms with Gasteiger partial charge in [-0.05, 0) is 36.5 Å². The van der Waals surface area contributed by atoms with Crippen LogP contribution in [0, 0.1) is 12.3 Å². The molecule has 2 rings (SSSR count). The average molecular weight is 246 g/mol. The summed E-state index contributed by atoms with van der Waals surface area (Å²) in [5.41, 5.74) is 4.11. The maximum atomic E-state index is 12.5. The van der Waals surface area contributed by atoms with E-state index in [4.69, 9.17) is 4.74 Å². The number of fused-ring (bicyclic) bond motifs is 1. The number of methoxy groups -OCH3 is 1. The molecule has 1 aromatic rings. The van der Waals surface area contributed by atoms with E-state index in [0.29, 0.717) is 5.92 Å². The first kappa shape index (κ1) is 13.1. The Balaban J connectivity index is 2.75. The van der Waals surface area contributed by atoms with Crippen molar-refractivity contribution in [3.63, 3.8) is 0 Å². The number of hydrogen-bond acceptors (Lipinski definition) is 2. The third kappa shape index (κ3) is 1.75. The summed E-state index contributed by atoms with van der Waals surface area (Å²) < 4.78 is 5.43. The van der Waals surface area contributed by atoms with Crippen molar-refractivity contribution in [2.45, 2.75) is 47.0 Å². The van der Waals surface area contributed by atoms with Crippen molar-refractivity contribution in [1.82, 2.24) is 0 Å². The lowest BCUT2D eigenvalue weighted by Gasteiger charge is -2.16. The van der Waals surface area contributed by atoms with Gasteiger partial charge in [0.25, 0.3) is 0 Å². The number of carbonyl (C=O) groups excluding carboxylic acids is 1. The highest BCUT2D eigenvalue weighted by atomic mass is 16.5. The quantitative estimate of drug-likeness (QED) is 0.791. The largest absolute Gasteiger partial charge is 0.496 e. The molecule has 0 saturated heterocycles. The third-order valence-electron chi connectivity index (χ3n) is 3.98. The van der Waals surface area contributed by atoms with Gasteiger partial charge < -0.3 is 4.74 Å². The van der Waals surface area contributed by atoms with E-state index in [-0.39, 0.29) is 11.2 Å². The van der Waals surface area contributed by atoms with Crippen LogP contribution in [-0.4, -0.2) is 12.9 Å². The second-order valence-corrected chi connectivity index (χ2v) is 6.19. The van der Waals surface area contributed by atoms with E-state index < -0.39 is 0 Å². The summed E-state index contributed by atoms with van der Waals surface area (Å²) in [6.45, 7) is 10.4. The average Bonchev–Trinajstić information content (AvgIpc) is 2.51. The lowest BCUT2D eigenvalue weighted by molar-refractivity contribution is 0.0862. The second kappa shape index (κ2) is 4.11. The Morgan fingerprint density at radius 2 is 1.94 bits per heavy atom. The number of carbonyl (C=O) groups is 1. The fourth-order valence-electron chi connectivity index (χ4n) is 2.92. The number of ketones is 1.